The van der Waals surface area contributed by atoms with E-state index in [9.17, 15) is 28.5 Å². The maximum absolute atomic E-state index is 13.5. The minimum atomic E-state index is -0.989. The Hall–Kier alpha value is -3.56. The molecular formula is C16H12F2N2O6. The molecule has 136 valence electrons. The molecule has 2 rings (SSSR count). The van der Waals surface area contributed by atoms with Crippen LogP contribution in [0, 0.1) is 21.7 Å². The fourth-order valence-corrected chi connectivity index (χ4v) is 1.95. The molecule has 0 aliphatic heterocycles. The second-order valence-electron chi connectivity index (χ2n) is 4.89. The zero-order valence-corrected chi connectivity index (χ0v) is 13.3. The number of benzene rings is 2. The van der Waals surface area contributed by atoms with Gasteiger partial charge in [-0.3, -0.25) is 14.9 Å². The van der Waals surface area contributed by atoms with Crippen molar-refractivity contribution in [3.05, 3.63) is 63.7 Å². The van der Waals surface area contributed by atoms with Gasteiger partial charge in [0.25, 0.3) is 5.91 Å². The summed E-state index contributed by atoms with van der Waals surface area (Å²) in [6, 6.07) is 5.80. The Kier molecular flexibility index (Phi) is 5.78. The summed E-state index contributed by atoms with van der Waals surface area (Å²) in [4.78, 5) is 33.6. The van der Waals surface area contributed by atoms with Crippen molar-refractivity contribution in [2.45, 2.75) is 0 Å². The van der Waals surface area contributed by atoms with Crippen LogP contribution in [0.2, 0.25) is 0 Å². The molecule has 1 amide bonds. The van der Waals surface area contributed by atoms with Gasteiger partial charge in [-0.1, -0.05) is 0 Å². The minimum absolute atomic E-state index is 0.0157. The summed E-state index contributed by atoms with van der Waals surface area (Å²) in [7, 11) is 1.13. The number of nitro groups is 1. The third-order valence-electron chi connectivity index (χ3n) is 3.14. The molecule has 0 radical (unpaired) electrons. The molecule has 0 aliphatic rings. The lowest BCUT2D eigenvalue weighted by Crippen LogP contribution is -2.21. The molecule has 0 aromatic heterocycles. The predicted octanol–water partition coefficient (Wildman–Crippen LogP) is 2.68. The van der Waals surface area contributed by atoms with Crippen LogP contribution in [0.4, 0.5) is 20.2 Å². The zero-order chi connectivity index (χ0) is 19.3. The maximum atomic E-state index is 13.5. The molecule has 10 heteroatoms. The smallest absolute Gasteiger partial charge is 0.337 e. The monoisotopic (exact) mass is 366 g/mol. The molecule has 0 saturated heterocycles. The lowest BCUT2D eigenvalue weighted by molar-refractivity contribution is -0.385. The lowest BCUT2D eigenvalue weighted by atomic mass is 10.2. The highest BCUT2D eigenvalue weighted by Gasteiger charge is 2.19. The predicted molar refractivity (Wildman–Crippen MR) is 84.9 cm³/mol. The van der Waals surface area contributed by atoms with Gasteiger partial charge in [0.2, 0.25) is 0 Å². The number of rotatable bonds is 6. The highest BCUT2D eigenvalue weighted by molar-refractivity contribution is 5.92. The standard InChI is InChI=1S/C16H12F2N2O6/c1-25-16(22)9-2-5-13(20(23)24)14(6-9)26-8-15(21)19-12-4-3-10(17)7-11(12)18/h2-7H,8H2,1H3,(H,19,21). The van der Waals surface area contributed by atoms with Crippen LogP contribution in [0.3, 0.4) is 0 Å². The number of nitro benzene ring substituents is 1. The molecular weight excluding hydrogens is 354 g/mol. The second kappa shape index (κ2) is 8.01. The summed E-state index contributed by atoms with van der Waals surface area (Å²) < 4.78 is 35.9. The number of carbonyl (C=O) groups excluding carboxylic acids is 2. The van der Waals surface area contributed by atoms with Gasteiger partial charge in [0.1, 0.15) is 11.6 Å². The summed E-state index contributed by atoms with van der Waals surface area (Å²) in [6.07, 6.45) is 0. The summed E-state index contributed by atoms with van der Waals surface area (Å²) in [5, 5.41) is 13.1. The van der Waals surface area contributed by atoms with Crippen molar-refractivity contribution in [1.29, 1.82) is 0 Å². The van der Waals surface area contributed by atoms with Crippen LogP contribution in [-0.2, 0) is 9.53 Å². The van der Waals surface area contributed by atoms with Crippen molar-refractivity contribution in [1.82, 2.24) is 0 Å². The Bertz CT molecular complexity index is 872. The molecule has 0 aliphatic carbocycles. The van der Waals surface area contributed by atoms with Crippen molar-refractivity contribution in [3.63, 3.8) is 0 Å². The minimum Gasteiger partial charge on any atom is -0.477 e. The number of anilines is 1. The number of hydrogen-bond donors (Lipinski definition) is 1. The fraction of sp³-hybridized carbons (Fsp3) is 0.125. The number of amides is 1. The molecule has 2 aromatic rings. The van der Waals surface area contributed by atoms with E-state index in [1.54, 1.807) is 0 Å². The maximum Gasteiger partial charge on any atom is 0.337 e. The van der Waals surface area contributed by atoms with Gasteiger partial charge >= 0.3 is 11.7 Å². The first-order chi connectivity index (χ1) is 12.3. The quantitative estimate of drug-likeness (QED) is 0.478. The molecule has 0 saturated carbocycles. The van der Waals surface area contributed by atoms with Gasteiger partial charge in [0, 0.05) is 18.2 Å². The Morgan fingerprint density at radius 2 is 1.92 bits per heavy atom. The van der Waals surface area contributed by atoms with Gasteiger partial charge in [-0.2, -0.15) is 0 Å². The van der Waals surface area contributed by atoms with Crippen LogP contribution in [-0.4, -0.2) is 30.5 Å². The highest BCUT2D eigenvalue weighted by atomic mass is 19.1. The molecule has 0 atom stereocenters. The van der Waals surface area contributed by atoms with Crippen LogP contribution in [0.5, 0.6) is 5.75 Å². The first kappa shape index (κ1) is 18.8. The number of nitrogens with zero attached hydrogens (tertiary/aromatic N) is 1. The average molecular weight is 366 g/mol. The molecule has 0 heterocycles. The molecule has 0 spiro atoms. The van der Waals surface area contributed by atoms with Crippen LogP contribution in [0.1, 0.15) is 10.4 Å². The largest absolute Gasteiger partial charge is 0.477 e. The third kappa shape index (κ3) is 4.50. The van der Waals surface area contributed by atoms with E-state index in [1.807, 2.05) is 0 Å². The average Bonchev–Trinajstić information content (AvgIpc) is 2.61. The van der Waals surface area contributed by atoms with E-state index < -0.39 is 40.7 Å². The Morgan fingerprint density at radius 3 is 2.54 bits per heavy atom. The molecule has 8 nitrogen and oxygen atoms in total. The topological polar surface area (TPSA) is 108 Å². The summed E-state index contributed by atoms with van der Waals surface area (Å²) in [5.41, 5.74) is -0.769. The van der Waals surface area contributed by atoms with Crippen LogP contribution < -0.4 is 10.1 Å². The van der Waals surface area contributed by atoms with Crippen LogP contribution in [0.25, 0.3) is 0 Å². The molecule has 0 fully saturated rings. The number of carbonyl (C=O) groups is 2. The summed E-state index contributed by atoms with van der Waals surface area (Å²) in [5.74, 6) is -3.73. The van der Waals surface area contributed by atoms with E-state index in [4.69, 9.17) is 4.74 Å². The summed E-state index contributed by atoms with van der Waals surface area (Å²) in [6.45, 7) is -0.706. The molecule has 0 bridgehead atoms. The van der Waals surface area contributed by atoms with E-state index in [2.05, 4.69) is 10.1 Å². The first-order valence-corrected chi connectivity index (χ1v) is 7.06. The Morgan fingerprint density at radius 1 is 1.19 bits per heavy atom. The van der Waals surface area contributed by atoms with Gasteiger partial charge in [-0.25, -0.2) is 13.6 Å². The number of nitrogens with one attached hydrogen (secondary N) is 1. The van der Waals surface area contributed by atoms with E-state index in [-0.39, 0.29) is 17.0 Å². The van der Waals surface area contributed by atoms with E-state index in [0.717, 1.165) is 31.4 Å². The lowest BCUT2D eigenvalue weighted by Gasteiger charge is -2.09. The SMILES string of the molecule is COC(=O)c1ccc([N+](=O)[O-])c(OCC(=O)Nc2ccc(F)cc2F)c1. The van der Waals surface area contributed by atoms with E-state index in [0.29, 0.717) is 6.07 Å². The number of halogens is 2. The second-order valence-corrected chi connectivity index (χ2v) is 4.89. The molecule has 0 unspecified atom stereocenters. The van der Waals surface area contributed by atoms with Crippen molar-refractivity contribution >= 4 is 23.3 Å². The van der Waals surface area contributed by atoms with Gasteiger partial charge in [0.05, 0.1) is 23.3 Å². The molecule has 26 heavy (non-hydrogen) atoms. The number of esters is 1. The summed E-state index contributed by atoms with van der Waals surface area (Å²) >= 11 is 0. The molecule has 2 aromatic carbocycles. The zero-order valence-electron chi connectivity index (χ0n) is 13.3. The van der Waals surface area contributed by atoms with Gasteiger partial charge in [-0.05, 0) is 18.2 Å². The van der Waals surface area contributed by atoms with Crippen LogP contribution >= 0.6 is 0 Å². The van der Waals surface area contributed by atoms with Gasteiger partial charge in [0.15, 0.2) is 12.4 Å². The first-order valence-electron chi connectivity index (χ1n) is 7.06. The van der Waals surface area contributed by atoms with Crippen molar-refractivity contribution in [2.75, 3.05) is 19.0 Å². The van der Waals surface area contributed by atoms with E-state index >= 15 is 0 Å². The van der Waals surface area contributed by atoms with Gasteiger partial charge in [-0.15, -0.1) is 0 Å². The number of methoxy groups -OCH3 is 1. The number of ether oxygens (including phenoxy) is 2. The highest BCUT2D eigenvalue weighted by Crippen LogP contribution is 2.28. The normalized spacial score (nSPS) is 10.1. The van der Waals surface area contributed by atoms with Crippen molar-refractivity contribution in [3.8, 4) is 5.75 Å². The van der Waals surface area contributed by atoms with Crippen molar-refractivity contribution in [2.24, 2.45) is 0 Å². The fourth-order valence-electron chi connectivity index (χ4n) is 1.95. The third-order valence-corrected chi connectivity index (χ3v) is 3.14. The van der Waals surface area contributed by atoms with Crippen LogP contribution in [0.15, 0.2) is 36.4 Å². The Labute approximate surface area is 145 Å². The Balaban J connectivity index is 2.13. The van der Waals surface area contributed by atoms with Gasteiger partial charge < -0.3 is 14.8 Å². The number of hydrogen-bond acceptors (Lipinski definition) is 6. The van der Waals surface area contributed by atoms with Crippen molar-refractivity contribution < 1.29 is 32.8 Å². The van der Waals surface area contributed by atoms with E-state index in [1.165, 1.54) is 6.07 Å². The molecule has 1 N–H and O–H groups in total.